The van der Waals surface area contributed by atoms with Crippen molar-refractivity contribution in [3.8, 4) is 5.75 Å². The van der Waals surface area contributed by atoms with E-state index >= 15 is 0 Å². The summed E-state index contributed by atoms with van der Waals surface area (Å²) in [5.41, 5.74) is -0.601. The molecular weight excluding hydrogens is 278 g/mol. The predicted molar refractivity (Wildman–Crippen MR) is 74.4 cm³/mol. The van der Waals surface area contributed by atoms with Crippen LogP contribution in [0.3, 0.4) is 0 Å². The Morgan fingerprint density at radius 1 is 1.19 bits per heavy atom. The first-order valence-corrected chi connectivity index (χ1v) is 6.03. The lowest BCUT2D eigenvalue weighted by atomic mass is 10.3. The van der Waals surface area contributed by atoms with Gasteiger partial charge in [0.25, 0.3) is 11.2 Å². The first-order valence-electron chi connectivity index (χ1n) is 6.03. The van der Waals surface area contributed by atoms with Gasteiger partial charge in [0.15, 0.2) is 0 Å². The topological polar surface area (TPSA) is 96.4 Å². The molecule has 0 aliphatic heterocycles. The van der Waals surface area contributed by atoms with Crippen molar-refractivity contribution in [2.75, 3.05) is 0 Å². The highest BCUT2D eigenvalue weighted by molar-refractivity contribution is 5.37. The molecule has 8 nitrogen and oxygen atoms in total. The Morgan fingerprint density at radius 3 is 2.57 bits per heavy atom. The molecule has 1 aromatic heterocycles. The smallest absolute Gasteiger partial charge is 0.330 e. The van der Waals surface area contributed by atoms with Crippen molar-refractivity contribution in [1.82, 2.24) is 9.13 Å². The maximum absolute atomic E-state index is 11.7. The number of ether oxygens (including phenoxy) is 1. The molecule has 0 saturated carbocycles. The van der Waals surface area contributed by atoms with Gasteiger partial charge < -0.3 is 4.74 Å². The highest BCUT2D eigenvalue weighted by atomic mass is 16.6. The van der Waals surface area contributed by atoms with Gasteiger partial charge in [-0.1, -0.05) is 6.07 Å². The van der Waals surface area contributed by atoms with Crippen molar-refractivity contribution in [2.24, 2.45) is 14.1 Å². The van der Waals surface area contributed by atoms with Crippen LogP contribution in [0.5, 0.6) is 5.75 Å². The van der Waals surface area contributed by atoms with Gasteiger partial charge in [-0.15, -0.1) is 0 Å². The molecular formula is C13H13N3O5. The van der Waals surface area contributed by atoms with Crippen molar-refractivity contribution >= 4 is 5.69 Å². The van der Waals surface area contributed by atoms with Crippen LogP contribution < -0.4 is 16.0 Å². The highest BCUT2D eigenvalue weighted by Crippen LogP contribution is 2.19. The maximum atomic E-state index is 11.7. The van der Waals surface area contributed by atoms with Crippen molar-refractivity contribution in [2.45, 2.75) is 6.61 Å². The Bertz CT molecular complexity index is 806. The largest absolute Gasteiger partial charge is 0.487 e. The lowest BCUT2D eigenvalue weighted by molar-refractivity contribution is -0.384. The van der Waals surface area contributed by atoms with E-state index < -0.39 is 16.2 Å². The first kappa shape index (κ1) is 14.5. The fourth-order valence-electron chi connectivity index (χ4n) is 1.76. The lowest BCUT2D eigenvalue weighted by Crippen LogP contribution is -2.38. The van der Waals surface area contributed by atoms with Gasteiger partial charge in [0, 0.05) is 26.2 Å². The number of rotatable bonds is 4. The fraction of sp³-hybridized carbons (Fsp3) is 0.231. The number of benzene rings is 1. The SMILES string of the molecule is Cn1c(COc2cccc([N+](=O)[O-])c2)cc(=O)n(C)c1=O. The molecule has 1 heterocycles. The molecule has 0 fully saturated rings. The fourth-order valence-corrected chi connectivity index (χ4v) is 1.76. The van der Waals surface area contributed by atoms with Gasteiger partial charge >= 0.3 is 5.69 Å². The molecule has 0 amide bonds. The van der Waals surface area contributed by atoms with Crippen molar-refractivity contribution in [3.63, 3.8) is 0 Å². The molecule has 0 unspecified atom stereocenters. The third kappa shape index (κ3) is 2.99. The van der Waals surface area contributed by atoms with E-state index in [1.165, 1.54) is 42.9 Å². The Labute approximate surface area is 119 Å². The number of non-ortho nitro benzene ring substituents is 1. The maximum Gasteiger partial charge on any atom is 0.330 e. The zero-order valence-electron chi connectivity index (χ0n) is 11.5. The molecule has 0 bridgehead atoms. The molecule has 8 heteroatoms. The zero-order chi connectivity index (χ0) is 15.6. The summed E-state index contributed by atoms with van der Waals surface area (Å²) in [6.45, 7) is -0.0387. The second-order valence-electron chi connectivity index (χ2n) is 4.42. The molecule has 21 heavy (non-hydrogen) atoms. The summed E-state index contributed by atoms with van der Waals surface area (Å²) in [5.74, 6) is 0.289. The van der Waals surface area contributed by atoms with Crippen LogP contribution in [0.1, 0.15) is 5.69 Å². The summed E-state index contributed by atoms with van der Waals surface area (Å²) < 4.78 is 7.67. The van der Waals surface area contributed by atoms with Crippen molar-refractivity contribution in [1.29, 1.82) is 0 Å². The minimum atomic E-state index is -0.527. The quantitative estimate of drug-likeness (QED) is 0.606. The van der Waals surface area contributed by atoms with E-state index in [4.69, 9.17) is 4.74 Å². The van der Waals surface area contributed by atoms with Crippen LogP contribution in [0.4, 0.5) is 5.69 Å². The minimum absolute atomic E-state index is 0.0387. The lowest BCUT2D eigenvalue weighted by Gasteiger charge is -2.10. The molecule has 1 aromatic carbocycles. The Kier molecular flexibility index (Phi) is 3.88. The van der Waals surface area contributed by atoms with E-state index in [0.717, 1.165) is 4.57 Å². The van der Waals surface area contributed by atoms with Crippen LogP contribution in [0.15, 0.2) is 39.9 Å². The van der Waals surface area contributed by atoms with E-state index in [2.05, 4.69) is 0 Å². The number of nitro benzene ring substituents is 1. The number of nitrogens with zero attached hydrogens (tertiary/aromatic N) is 3. The summed E-state index contributed by atoms with van der Waals surface area (Å²) in [4.78, 5) is 33.5. The van der Waals surface area contributed by atoms with Gasteiger partial charge in [0.1, 0.15) is 12.4 Å². The number of aromatic nitrogens is 2. The zero-order valence-corrected chi connectivity index (χ0v) is 11.5. The molecule has 0 radical (unpaired) electrons. The molecule has 0 spiro atoms. The third-order valence-electron chi connectivity index (χ3n) is 3.04. The summed E-state index contributed by atoms with van der Waals surface area (Å²) in [5, 5.41) is 10.7. The van der Waals surface area contributed by atoms with Gasteiger partial charge in [-0.05, 0) is 6.07 Å². The first-order chi connectivity index (χ1) is 9.90. The summed E-state index contributed by atoms with van der Waals surface area (Å²) in [7, 11) is 2.91. The molecule has 0 aliphatic rings. The van der Waals surface area contributed by atoms with E-state index in [1.807, 2.05) is 0 Å². The van der Waals surface area contributed by atoms with Gasteiger partial charge in [-0.25, -0.2) is 4.79 Å². The van der Waals surface area contributed by atoms with Crippen LogP contribution in [-0.4, -0.2) is 14.1 Å². The standard InChI is InChI=1S/C13H13N3O5/c1-14-10(7-12(17)15(2)13(14)18)8-21-11-5-3-4-9(6-11)16(19)20/h3-7H,8H2,1-2H3. The van der Waals surface area contributed by atoms with Gasteiger partial charge in [0.2, 0.25) is 0 Å². The molecule has 0 saturated heterocycles. The Morgan fingerprint density at radius 2 is 1.90 bits per heavy atom. The predicted octanol–water partition coefficient (Wildman–Crippen LogP) is 0.571. The van der Waals surface area contributed by atoms with Crippen LogP contribution >= 0.6 is 0 Å². The number of hydrogen-bond donors (Lipinski definition) is 0. The minimum Gasteiger partial charge on any atom is -0.487 e. The molecule has 110 valence electrons. The molecule has 0 aliphatic carbocycles. The number of nitro groups is 1. The summed E-state index contributed by atoms with van der Waals surface area (Å²) in [6.07, 6.45) is 0. The van der Waals surface area contributed by atoms with E-state index in [-0.39, 0.29) is 18.0 Å². The second kappa shape index (κ2) is 5.61. The van der Waals surface area contributed by atoms with Crippen LogP contribution in [0, 0.1) is 10.1 Å². The molecule has 0 N–H and O–H groups in total. The van der Waals surface area contributed by atoms with E-state index in [9.17, 15) is 19.7 Å². The van der Waals surface area contributed by atoms with Gasteiger partial charge in [-0.2, -0.15) is 0 Å². The van der Waals surface area contributed by atoms with E-state index in [1.54, 1.807) is 6.07 Å². The Balaban J connectivity index is 2.25. The van der Waals surface area contributed by atoms with Crippen LogP contribution in [0.25, 0.3) is 0 Å². The van der Waals surface area contributed by atoms with Gasteiger partial charge in [0.05, 0.1) is 16.7 Å². The summed E-state index contributed by atoms with van der Waals surface area (Å²) >= 11 is 0. The second-order valence-corrected chi connectivity index (χ2v) is 4.42. The van der Waals surface area contributed by atoms with Crippen molar-refractivity contribution in [3.05, 3.63) is 67.0 Å². The van der Waals surface area contributed by atoms with Crippen LogP contribution in [-0.2, 0) is 20.7 Å². The average Bonchev–Trinajstić information content (AvgIpc) is 2.47. The normalized spacial score (nSPS) is 10.4. The Hall–Kier alpha value is -2.90. The monoisotopic (exact) mass is 291 g/mol. The average molecular weight is 291 g/mol. The molecule has 2 aromatic rings. The summed E-state index contributed by atoms with van der Waals surface area (Å²) in [6, 6.07) is 6.97. The number of hydrogen-bond acceptors (Lipinski definition) is 5. The van der Waals surface area contributed by atoms with Crippen LogP contribution in [0.2, 0.25) is 0 Å². The van der Waals surface area contributed by atoms with Crippen molar-refractivity contribution < 1.29 is 9.66 Å². The molecule has 0 atom stereocenters. The molecule has 2 rings (SSSR count). The van der Waals surface area contributed by atoms with E-state index in [0.29, 0.717) is 5.69 Å². The highest BCUT2D eigenvalue weighted by Gasteiger charge is 2.09. The van der Waals surface area contributed by atoms with Gasteiger partial charge in [-0.3, -0.25) is 24.0 Å². The third-order valence-corrected chi connectivity index (χ3v) is 3.04.